The van der Waals surface area contributed by atoms with Crippen LogP contribution in [0.1, 0.15) is 28.3 Å². The van der Waals surface area contributed by atoms with Crippen LogP contribution in [0.4, 0.5) is 0 Å². The van der Waals surface area contributed by atoms with Crippen LogP contribution < -0.4 is 5.43 Å². The Kier molecular flexibility index (Phi) is 2.41. The molecule has 0 spiro atoms. The standard InChI is InChI=1S/C15H14N2/c1-11-5-4-7-12(9-11)15-14-8-3-2-6-13(14)10-16-17-15/h2-10,15,17H,1H3. The van der Waals surface area contributed by atoms with Crippen LogP contribution in [-0.4, -0.2) is 6.21 Å². The molecule has 84 valence electrons. The van der Waals surface area contributed by atoms with Crippen molar-refractivity contribution >= 4 is 6.21 Å². The van der Waals surface area contributed by atoms with E-state index in [0.29, 0.717) is 0 Å². The van der Waals surface area contributed by atoms with Crippen molar-refractivity contribution in [2.45, 2.75) is 13.0 Å². The maximum Gasteiger partial charge on any atom is 0.0946 e. The monoisotopic (exact) mass is 222 g/mol. The number of fused-ring (bicyclic) bond motifs is 1. The minimum Gasteiger partial charge on any atom is -0.298 e. The summed E-state index contributed by atoms with van der Waals surface area (Å²) < 4.78 is 0. The second-order valence-electron chi connectivity index (χ2n) is 4.36. The van der Waals surface area contributed by atoms with E-state index in [-0.39, 0.29) is 6.04 Å². The zero-order valence-corrected chi connectivity index (χ0v) is 9.72. The third-order valence-electron chi connectivity index (χ3n) is 3.09. The van der Waals surface area contributed by atoms with E-state index in [1.54, 1.807) is 0 Å². The number of hydrogen-bond acceptors (Lipinski definition) is 2. The van der Waals surface area contributed by atoms with E-state index in [2.05, 4.69) is 59.9 Å². The molecule has 3 rings (SSSR count). The lowest BCUT2D eigenvalue weighted by Gasteiger charge is -2.23. The molecule has 1 atom stereocenters. The molecule has 1 N–H and O–H groups in total. The van der Waals surface area contributed by atoms with Crippen LogP contribution in [0.3, 0.4) is 0 Å². The number of nitrogens with zero attached hydrogens (tertiary/aromatic N) is 1. The molecule has 0 radical (unpaired) electrons. The zero-order chi connectivity index (χ0) is 11.7. The molecule has 2 aromatic carbocycles. The molecule has 1 heterocycles. The molecule has 2 heteroatoms. The lowest BCUT2D eigenvalue weighted by atomic mass is 9.93. The van der Waals surface area contributed by atoms with Crippen LogP contribution >= 0.6 is 0 Å². The number of nitrogens with one attached hydrogen (secondary N) is 1. The maximum atomic E-state index is 4.23. The Hall–Kier alpha value is -2.09. The Morgan fingerprint density at radius 1 is 1.06 bits per heavy atom. The summed E-state index contributed by atoms with van der Waals surface area (Å²) in [5.74, 6) is 0. The summed E-state index contributed by atoms with van der Waals surface area (Å²) in [4.78, 5) is 0. The van der Waals surface area contributed by atoms with E-state index in [9.17, 15) is 0 Å². The Morgan fingerprint density at radius 2 is 1.94 bits per heavy atom. The van der Waals surface area contributed by atoms with Crippen molar-refractivity contribution in [3.63, 3.8) is 0 Å². The average molecular weight is 222 g/mol. The summed E-state index contributed by atoms with van der Waals surface area (Å²) >= 11 is 0. The third kappa shape index (κ3) is 1.82. The Labute approximate surface area is 101 Å². The Bertz CT molecular complexity index is 573. The van der Waals surface area contributed by atoms with Gasteiger partial charge in [0.05, 0.1) is 12.3 Å². The van der Waals surface area contributed by atoms with E-state index in [4.69, 9.17) is 0 Å². The van der Waals surface area contributed by atoms with Gasteiger partial charge in [-0.25, -0.2) is 0 Å². The zero-order valence-electron chi connectivity index (χ0n) is 9.72. The first-order valence-electron chi connectivity index (χ1n) is 5.79. The van der Waals surface area contributed by atoms with E-state index in [1.807, 2.05) is 12.3 Å². The first-order valence-corrected chi connectivity index (χ1v) is 5.79. The molecule has 0 aromatic heterocycles. The van der Waals surface area contributed by atoms with Crippen molar-refractivity contribution in [1.29, 1.82) is 0 Å². The summed E-state index contributed by atoms with van der Waals surface area (Å²) in [6.45, 7) is 2.11. The smallest absolute Gasteiger partial charge is 0.0946 e. The average Bonchev–Trinajstić information content (AvgIpc) is 2.38. The molecule has 1 unspecified atom stereocenters. The Balaban J connectivity index is 2.09. The van der Waals surface area contributed by atoms with Gasteiger partial charge in [-0.1, -0.05) is 54.1 Å². The summed E-state index contributed by atoms with van der Waals surface area (Å²) in [5, 5.41) is 4.23. The normalized spacial score (nSPS) is 17.4. The van der Waals surface area contributed by atoms with Crippen molar-refractivity contribution in [2.24, 2.45) is 5.10 Å². The van der Waals surface area contributed by atoms with Gasteiger partial charge in [0.2, 0.25) is 0 Å². The third-order valence-corrected chi connectivity index (χ3v) is 3.09. The molecular weight excluding hydrogens is 208 g/mol. The van der Waals surface area contributed by atoms with Crippen molar-refractivity contribution in [3.8, 4) is 0 Å². The van der Waals surface area contributed by atoms with Crippen molar-refractivity contribution in [2.75, 3.05) is 0 Å². The minimum atomic E-state index is 0.163. The van der Waals surface area contributed by atoms with Gasteiger partial charge in [0, 0.05) is 5.56 Å². The highest BCUT2D eigenvalue weighted by molar-refractivity contribution is 5.83. The maximum absolute atomic E-state index is 4.23. The molecule has 0 amide bonds. The number of hydrazone groups is 1. The molecule has 1 aliphatic rings. The quantitative estimate of drug-likeness (QED) is 0.788. The topological polar surface area (TPSA) is 24.4 Å². The second kappa shape index (κ2) is 4.06. The van der Waals surface area contributed by atoms with Gasteiger partial charge < -0.3 is 0 Å². The van der Waals surface area contributed by atoms with Gasteiger partial charge >= 0.3 is 0 Å². The van der Waals surface area contributed by atoms with Gasteiger partial charge in [-0.15, -0.1) is 0 Å². The van der Waals surface area contributed by atoms with Gasteiger partial charge in [-0.05, 0) is 18.1 Å². The molecule has 0 fully saturated rings. The molecule has 0 saturated carbocycles. The second-order valence-corrected chi connectivity index (χ2v) is 4.36. The molecule has 2 aromatic rings. The molecule has 17 heavy (non-hydrogen) atoms. The van der Waals surface area contributed by atoms with Crippen LogP contribution in [0.2, 0.25) is 0 Å². The van der Waals surface area contributed by atoms with Crippen LogP contribution in [0.25, 0.3) is 0 Å². The fourth-order valence-corrected chi connectivity index (χ4v) is 2.25. The predicted molar refractivity (Wildman–Crippen MR) is 70.2 cm³/mol. The lowest BCUT2D eigenvalue weighted by Crippen LogP contribution is -2.22. The summed E-state index contributed by atoms with van der Waals surface area (Å²) in [6, 6.07) is 17.1. The van der Waals surface area contributed by atoms with Crippen molar-refractivity contribution in [1.82, 2.24) is 5.43 Å². The highest BCUT2D eigenvalue weighted by Crippen LogP contribution is 2.27. The molecule has 0 bridgehead atoms. The fraction of sp³-hybridized carbons (Fsp3) is 0.133. The number of aryl methyl sites for hydroxylation is 1. The van der Waals surface area contributed by atoms with Gasteiger partial charge in [-0.2, -0.15) is 5.10 Å². The molecule has 0 saturated heterocycles. The van der Waals surface area contributed by atoms with Gasteiger partial charge in [0.1, 0.15) is 0 Å². The molecular formula is C15H14N2. The Morgan fingerprint density at radius 3 is 2.82 bits per heavy atom. The van der Waals surface area contributed by atoms with Crippen LogP contribution in [0, 0.1) is 6.92 Å². The van der Waals surface area contributed by atoms with Crippen molar-refractivity contribution in [3.05, 3.63) is 70.8 Å². The first-order chi connectivity index (χ1) is 8.34. The first kappa shape index (κ1) is 10.1. The summed E-state index contributed by atoms with van der Waals surface area (Å²) in [6.07, 6.45) is 1.88. The van der Waals surface area contributed by atoms with E-state index < -0.39 is 0 Å². The summed E-state index contributed by atoms with van der Waals surface area (Å²) in [7, 11) is 0. The highest BCUT2D eigenvalue weighted by atomic mass is 15.3. The van der Waals surface area contributed by atoms with Crippen LogP contribution in [-0.2, 0) is 0 Å². The SMILES string of the molecule is Cc1cccc(C2NN=Cc3ccccc32)c1. The van der Waals surface area contributed by atoms with E-state index in [0.717, 1.165) is 0 Å². The number of hydrogen-bond donors (Lipinski definition) is 1. The molecule has 0 aliphatic carbocycles. The van der Waals surface area contributed by atoms with E-state index >= 15 is 0 Å². The van der Waals surface area contributed by atoms with Gasteiger partial charge in [-0.3, -0.25) is 5.43 Å². The number of benzene rings is 2. The largest absolute Gasteiger partial charge is 0.298 e. The van der Waals surface area contributed by atoms with Crippen LogP contribution in [0.15, 0.2) is 53.6 Å². The van der Waals surface area contributed by atoms with Crippen LogP contribution in [0.5, 0.6) is 0 Å². The number of rotatable bonds is 1. The van der Waals surface area contributed by atoms with Crippen molar-refractivity contribution < 1.29 is 0 Å². The lowest BCUT2D eigenvalue weighted by molar-refractivity contribution is 0.631. The molecule has 1 aliphatic heterocycles. The van der Waals surface area contributed by atoms with Gasteiger partial charge in [0.25, 0.3) is 0 Å². The van der Waals surface area contributed by atoms with E-state index in [1.165, 1.54) is 22.3 Å². The highest BCUT2D eigenvalue weighted by Gasteiger charge is 2.18. The fourth-order valence-electron chi connectivity index (χ4n) is 2.25. The minimum absolute atomic E-state index is 0.163. The predicted octanol–water partition coefficient (Wildman–Crippen LogP) is 3.02. The summed E-state index contributed by atoms with van der Waals surface area (Å²) in [5.41, 5.74) is 8.20. The van der Waals surface area contributed by atoms with Gasteiger partial charge in [0.15, 0.2) is 0 Å². The molecule has 2 nitrogen and oxygen atoms in total.